The summed E-state index contributed by atoms with van der Waals surface area (Å²) in [5.41, 5.74) is -0.829. The standard InChI is InChI=1S/C14H14F3N3O2/c1-2-12(21)19-3-4-20-10(7-19)8-22-11-5-9(14(15,16)17)6-18-13(11)20/h2,5-6,10H,1,3-4,7-8H2/t10-/m1/s1. The summed E-state index contributed by atoms with van der Waals surface area (Å²) in [5, 5.41) is 0. The molecular formula is C14H14F3N3O2. The Kier molecular flexibility index (Phi) is 3.46. The van der Waals surface area contributed by atoms with Crippen molar-refractivity contribution in [1.82, 2.24) is 9.88 Å². The molecule has 0 bridgehead atoms. The minimum Gasteiger partial charge on any atom is -0.487 e. The third kappa shape index (κ3) is 2.49. The summed E-state index contributed by atoms with van der Waals surface area (Å²) < 4.78 is 43.5. The van der Waals surface area contributed by atoms with E-state index in [0.717, 1.165) is 12.3 Å². The number of hydrogen-bond donors (Lipinski definition) is 0. The molecule has 1 fully saturated rings. The van der Waals surface area contributed by atoms with Gasteiger partial charge in [0, 0.05) is 25.8 Å². The molecule has 0 unspecified atom stereocenters. The predicted octanol–water partition coefficient (Wildman–Crippen LogP) is 1.70. The first-order chi connectivity index (χ1) is 10.4. The van der Waals surface area contributed by atoms with Gasteiger partial charge in [0.2, 0.25) is 5.91 Å². The number of pyridine rings is 1. The zero-order chi connectivity index (χ0) is 15.9. The van der Waals surface area contributed by atoms with Crippen molar-refractivity contribution in [3.63, 3.8) is 0 Å². The quantitative estimate of drug-likeness (QED) is 0.740. The Balaban J connectivity index is 1.84. The molecule has 22 heavy (non-hydrogen) atoms. The van der Waals surface area contributed by atoms with Crippen molar-refractivity contribution in [3.8, 4) is 5.75 Å². The van der Waals surface area contributed by atoms with Crippen LogP contribution in [0.2, 0.25) is 0 Å². The second kappa shape index (κ2) is 5.19. The molecule has 5 nitrogen and oxygen atoms in total. The normalized spacial score (nSPS) is 20.8. The smallest absolute Gasteiger partial charge is 0.418 e. The third-order valence-corrected chi connectivity index (χ3v) is 3.83. The van der Waals surface area contributed by atoms with Crippen LogP contribution in [-0.4, -0.2) is 48.1 Å². The molecule has 0 N–H and O–H groups in total. The molecule has 2 aliphatic rings. The molecule has 0 aliphatic carbocycles. The number of rotatable bonds is 1. The SMILES string of the molecule is C=CC(=O)N1CCN2c3ncc(C(F)(F)F)cc3OC[C@H]2C1. The number of piperazine rings is 1. The van der Waals surface area contributed by atoms with E-state index in [1.54, 1.807) is 4.90 Å². The van der Waals surface area contributed by atoms with Gasteiger partial charge in [0.25, 0.3) is 0 Å². The topological polar surface area (TPSA) is 45.7 Å². The Morgan fingerprint density at radius 2 is 2.23 bits per heavy atom. The molecule has 1 aromatic heterocycles. The summed E-state index contributed by atoms with van der Waals surface area (Å²) in [4.78, 5) is 19.1. The summed E-state index contributed by atoms with van der Waals surface area (Å²) >= 11 is 0. The fourth-order valence-corrected chi connectivity index (χ4v) is 2.71. The molecule has 3 heterocycles. The van der Waals surface area contributed by atoms with Crippen LogP contribution in [0, 0.1) is 0 Å². The highest BCUT2D eigenvalue weighted by Crippen LogP contribution is 2.38. The van der Waals surface area contributed by atoms with E-state index in [2.05, 4.69) is 11.6 Å². The molecule has 1 amide bonds. The second-order valence-electron chi connectivity index (χ2n) is 5.19. The average Bonchev–Trinajstić information content (AvgIpc) is 2.52. The molecule has 118 valence electrons. The molecule has 0 radical (unpaired) electrons. The number of hydrogen-bond acceptors (Lipinski definition) is 4. The van der Waals surface area contributed by atoms with Crippen LogP contribution in [0.5, 0.6) is 5.75 Å². The number of carbonyl (C=O) groups is 1. The van der Waals surface area contributed by atoms with E-state index in [1.807, 2.05) is 4.90 Å². The Morgan fingerprint density at radius 3 is 2.91 bits per heavy atom. The first-order valence-electron chi connectivity index (χ1n) is 6.78. The van der Waals surface area contributed by atoms with Crippen LogP contribution in [0.25, 0.3) is 0 Å². The van der Waals surface area contributed by atoms with Gasteiger partial charge in [-0.2, -0.15) is 13.2 Å². The maximum absolute atomic E-state index is 12.7. The molecule has 0 aromatic carbocycles. The zero-order valence-electron chi connectivity index (χ0n) is 11.6. The number of carbonyl (C=O) groups excluding carboxylic acids is 1. The molecule has 1 saturated heterocycles. The lowest BCUT2D eigenvalue weighted by Gasteiger charge is -2.44. The van der Waals surface area contributed by atoms with Gasteiger partial charge in [0.05, 0.1) is 11.6 Å². The Labute approximate surface area is 125 Å². The van der Waals surface area contributed by atoms with E-state index >= 15 is 0 Å². The lowest BCUT2D eigenvalue weighted by molar-refractivity contribution is -0.138. The van der Waals surface area contributed by atoms with Gasteiger partial charge >= 0.3 is 6.18 Å². The van der Waals surface area contributed by atoms with Gasteiger partial charge < -0.3 is 14.5 Å². The number of aromatic nitrogens is 1. The number of anilines is 1. The van der Waals surface area contributed by atoms with Crippen LogP contribution in [0.1, 0.15) is 5.56 Å². The Morgan fingerprint density at radius 1 is 1.45 bits per heavy atom. The molecule has 2 aliphatic heterocycles. The van der Waals surface area contributed by atoms with Gasteiger partial charge in [0.1, 0.15) is 6.61 Å². The zero-order valence-corrected chi connectivity index (χ0v) is 11.6. The van der Waals surface area contributed by atoms with Gasteiger partial charge in [-0.3, -0.25) is 4.79 Å². The van der Waals surface area contributed by atoms with Crippen LogP contribution in [-0.2, 0) is 11.0 Å². The third-order valence-electron chi connectivity index (χ3n) is 3.83. The van der Waals surface area contributed by atoms with Crippen molar-refractivity contribution in [2.24, 2.45) is 0 Å². The predicted molar refractivity (Wildman–Crippen MR) is 72.6 cm³/mol. The number of alkyl halides is 3. The molecule has 1 atom stereocenters. The highest BCUT2D eigenvalue weighted by atomic mass is 19.4. The van der Waals surface area contributed by atoms with E-state index in [4.69, 9.17) is 4.74 Å². The van der Waals surface area contributed by atoms with Crippen LogP contribution in [0.3, 0.4) is 0 Å². The number of amides is 1. The monoisotopic (exact) mass is 313 g/mol. The second-order valence-corrected chi connectivity index (χ2v) is 5.19. The lowest BCUT2D eigenvalue weighted by atomic mass is 10.1. The first-order valence-corrected chi connectivity index (χ1v) is 6.78. The minimum absolute atomic E-state index is 0.116. The van der Waals surface area contributed by atoms with Crippen molar-refractivity contribution < 1.29 is 22.7 Å². The van der Waals surface area contributed by atoms with Crippen LogP contribution >= 0.6 is 0 Å². The van der Waals surface area contributed by atoms with Gasteiger partial charge in [0.15, 0.2) is 11.6 Å². The number of fused-ring (bicyclic) bond motifs is 3. The van der Waals surface area contributed by atoms with Crippen molar-refractivity contribution in [1.29, 1.82) is 0 Å². The van der Waals surface area contributed by atoms with E-state index in [-0.39, 0.29) is 24.3 Å². The van der Waals surface area contributed by atoms with Crippen molar-refractivity contribution in [2.75, 3.05) is 31.1 Å². The molecule has 1 aromatic rings. The lowest BCUT2D eigenvalue weighted by Crippen LogP contribution is -2.58. The van der Waals surface area contributed by atoms with Crippen molar-refractivity contribution in [3.05, 3.63) is 30.5 Å². The van der Waals surface area contributed by atoms with Crippen LogP contribution in [0.15, 0.2) is 24.9 Å². The first kappa shape index (κ1) is 14.7. The molecule has 0 spiro atoms. The Hall–Kier alpha value is -2.25. The summed E-state index contributed by atoms with van der Waals surface area (Å²) in [5.74, 6) is 0.371. The van der Waals surface area contributed by atoms with E-state index in [9.17, 15) is 18.0 Å². The van der Waals surface area contributed by atoms with E-state index < -0.39 is 11.7 Å². The molecular weight excluding hydrogens is 299 g/mol. The van der Waals surface area contributed by atoms with Gasteiger partial charge in [-0.1, -0.05) is 6.58 Å². The summed E-state index contributed by atoms with van der Waals surface area (Å²) in [7, 11) is 0. The van der Waals surface area contributed by atoms with E-state index in [1.165, 1.54) is 6.08 Å². The summed E-state index contributed by atoms with van der Waals surface area (Å²) in [6.45, 7) is 5.08. The average molecular weight is 313 g/mol. The van der Waals surface area contributed by atoms with Gasteiger partial charge in [-0.05, 0) is 12.1 Å². The maximum Gasteiger partial charge on any atom is 0.418 e. The van der Waals surface area contributed by atoms with Crippen LogP contribution < -0.4 is 9.64 Å². The molecule has 0 saturated carbocycles. The van der Waals surface area contributed by atoms with E-state index in [0.29, 0.717) is 25.5 Å². The fraction of sp³-hybridized carbons (Fsp3) is 0.429. The van der Waals surface area contributed by atoms with Crippen LogP contribution in [0.4, 0.5) is 19.0 Å². The van der Waals surface area contributed by atoms with Gasteiger partial charge in [-0.15, -0.1) is 0 Å². The van der Waals surface area contributed by atoms with Crippen molar-refractivity contribution >= 4 is 11.7 Å². The fourth-order valence-electron chi connectivity index (χ4n) is 2.71. The number of ether oxygens (including phenoxy) is 1. The number of halogens is 3. The van der Waals surface area contributed by atoms with Gasteiger partial charge in [-0.25, -0.2) is 4.98 Å². The Bertz CT molecular complexity index is 618. The maximum atomic E-state index is 12.7. The highest BCUT2D eigenvalue weighted by Gasteiger charge is 2.37. The number of nitrogens with zero attached hydrogens (tertiary/aromatic N) is 3. The summed E-state index contributed by atoms with van der Waals surface area (Å²) in [6, 6.07) is 0.856. The largest absolute Gasteiger partial charge is 0.487 e. The summed E-state index contributed by atoms with van der Waals surface area (Å²) in [6.07, 6.45) is -2.38. The van der Waals surface area contributed by atoms with Crippen molar-refractivity contribution in [2.45, 2.75) is 12.2 Å². The highest BCUT2D eigenvalue weighted by molar-refractivity contribution is 5.87. The molecule has 8 heteroatoms. The molecule has 3 rings (SSSR count). The minimum atomic E-state index is -4.45.